The molecule has 0 N–H and O–H groups in total. The Morgan fingerprint density at radius 2 is 1.87 bits per heavy atom. The van der Waals surface area contributed by atoms with Gasteiger partial charge in [0.05, 0.1) is 11.4 Å². The van der Waals surface area contributed by atoms with E-state index in [9.17, 15) is 0 Å². The molecule has 0 atom stereocenters. The van der Waals surface area contributed by atoms with E-state index in [1.807, 2.05) is 41.1 Å². The van der Waals surface area contributed by atoms with Crippen LogP contribution in [0.3, 0.4) is 0 Å². The number of benzene rings is 1. The monoisotopic (exact) mass is 429 g/mol. The summed E-state index contributed by atoms with van der Waals surface area (Å²) in [6.45, 7) is 0. The number of fused-ring (bicyclic) bond motifs is 1. The lowest BCUT2D eigenvalue weighted by Gasteiger charge is -2.08. The van der Waals surface area contributed by atoms with E-state index < -0.39 is 0 Å². The van der Waals surface area contributed by atoms with E-state index in [0.717, 1.165) is 50.1 Å². The summed E-state index contributed by atoms with van der Waals surface area (Å²) >= 11 is 3.11. The SMILES string of the molecule is c1ccc(-c2csc3nc(-c4ccccn4)nc(Sc4nnnn4C4CC4)c23)cc1. The predicted molar refractivity (Wildman–Crippen MR) is 116 cm³/mol. The summed E-state index contributed by atoms with van der Waals surface area (Å²) in [6, 6.07) is 16.5. The Morgan fingerprint density at radius 1 is 1.00 bits per heavy atom. The van der Waals surface area contributed by atoms with Gasteiger partial charge in [0.2, 0.25) is 5.16 Å². The molecule has 6 rings (SSSR count). The van der Waals surface area contributed by atoms with Gasteiger partial charge < -0.3 is 0 Å². The number of rotatable bonds is 5. The average molecular weight is 430 g/mol. The van der Waals surface area contributed by atoms with Crippen LogP contribution in [-0.4, -0.2) is 35.2 Å². The Balaban J connectivity index is 1.55. The average Bonchev–Trinajstić information content (AvgIpc) is 3.38. The molecule has 1 saturated carbocycles. The number of aromatic nitrogens is 7. The van der Waals surface area contributed by atoms with Crippen molar-refractivity contribution < 1.29 is 0 Å². The molecule has 1 aromatic carbocycles. The minimum absolute atomic E-state index is 0.395. The van der Waals surface area contributed by atoms with Crippen molar-refractivity contribution in [3.05, 3.63) is 60.1 Å². The first-order chi connectivity index (χ1) is 14.9. The quantitative estimate of drug-likeness (QED) is 0.368. The maximum absolute atomic E-state index is 4.91. The van der Waals surface area contributed by atoms with Gasteiger partial charge in [-0.05, 0) is 52.7 Å². The topological polar surface area (TPSA) is 82.3 Å². The zero-order valence-electron chi connectivity index (χ0n) is 15.7. The lowest BCUT2D eigenvalue weighted by molar-refractivity contribution is 0.565. The first kappa shape index (κ1) is 17.7. The molecule has 0 spiro atoms. The standard InChI is InChI=1S/C21H15N7S2/c1-2-6-13(7-3-1)15-12-29-19-17(15)20(24-18(23-19)16-8-4-5-11-22-16)30-21-25-26-27-28(21)14-9-10-14/h1-8,11-12,14H,9-10H2. The summed E-state index contributed by atoms with van der Waals surface area (Å²) in [7, 11) is 0. The molecule has 146 valence electrons. The van der Waals surface area contributed by atoms with E-state index >= 15 is 0 Å². The van der Waals surface area contributed by atoms with Crippen LogP contribution >= 0.6 is 23.1 Å². The lowest BCUT2D eigenvalue weighted by atomic mass is 10.1. The van der Waals surface area contributed by atoms with Gasteiger partial charge in [-0.3, -0.25) is 4.98 Å². The zero-order valence-corrected chi connectivity index (χ0v) is 17.3. The van der Waals surface area contributed by atoms with Gasteiger partial charge in [0.25, 0.3) is 0 Å². The molecule has 0 amide bonds. The number of hydrogen-bond donors (Lipinski definition) is 0. The van der Waals surface area contributed by atoms with E-state index in [-0.39, 0.29) is 0 Å². The van der Waals surface area contributed by atoms with Crippen molar-refractivity contribution in [3.63, 3.8) is 0 Å². The highest BCUT2D eigenvalue weighted by atomic mass is 32.2. The minimum Gasteiger partial charge on any atom is -0.253 e. The smallest absolute Gasteiger partial charge is 0.215 e. The van der Waals surface area contributed by atoms with Crippen LogP contribution in [0.25, 0.3) is 32.9 Å². The summed E-state index contributed by atoms with van der Waals surface area (Å²) < 4.78 is 1.91. The van der Waals surface area contributed by atoms with Crippen molar-refractivity contribution in [2.75, 3.05) is 0 Å². The zero-order chi connectivity index (χ0) is 19.9. The molecule has 0 bridgehead atoms. The Morgan fingerprint density at radius 3 is 2.67 bits per heavy atom. The highest BCUT2D eigenvalue weighted by Gasteiger charge is 2.29. The van der Waals surface area contributed by atoms with E-state index in [1.165, 1.54) is 11.8 Å². The fraction of sp³-hybridized carbons (Fsp3) is 0.143. The number of tetrazole rings is 1. The van der Waals surface area contributed by atoms with Gasteiger partial charge in [-0.2, -0.15) is 0 Å². The lowest BCUT2D eigenvalue weighted by Crippen LogP contribution is -2.00. The van der Waals surface area contributed by atoms with E-state index in [2.05, 4.69) is 38.0 Å². The van der Waals surface area contributed by atoms with Crippen molar-refractivity contribution in [2.45, 2.75) is 29.1 Å². The van der Waals surface area contributed by atoms with Crippen molar-refractivity contribution in [1.82, 2.24) is 35.2 Å². The Kier molecular flexibility index (Phi) is 4.28. The third-order valence-electron chi connectivity index (χ3n) is 4.92. The second-order valence-corrected chi connectivity index (χ2v) is 8.82. The first-order valence-electron chi connectivity index (χ1n) is 9.58. The van der Waals surface area contributed by atoms with Crippen LogP contribution in [0, 0.1) is 0 Å². The number of thiophene rings is 1. The molecule has 1 aliphatic rings. The van der Waals surface area contributed by atoms with Gasteiger partial charge in [-0.15, -0.1) is 16.4 Å². The minimum atomic E-state index is 0.395. The summed E-state index contributed by atoms with van der Waals surface area (Å²) in [4.78, 5) is 15.1. The molecule has 5 aromatic rings. The van der Waals surface area contributed by atoms with Crippen molar-refractivity contribution in [1.29, 1.82) is 0 Å². The molecular weight excluding hydrogens is 414 g/mol. The molecule has 30 heavy (non-hydrogen) atoms. The molecule has 4 aromatic heterocycles. The molecule has 0 aliphatic heterocycles. The van der Waals surface area contributed by atoms with Gasteiger partial charge >= 0.3 is 0 Å². The van der Waals surface area contributed by atoms with Crippen molar-refractivity contribution in [3.8, 4) is 22.6 Å². The van der Waals surface area contributed by atoms with Crippen LogP contribution in [0.5, 0.6) is 0 Å². The Bertz CT molecular complexity index is 1330. The number of hydrogen-bond acceptors (Lipinski definition) is 8. The highest BCUT2D eigenvalue weighted by molar-refractivity contribution is 7.99. The molecule has 1 aliphatic carbocycles. The molecular formula is C21H15N7S2. The summed E-state index contributed by atoms with van der Waals surface area (Å²) in [6.07, 6.45) is 3.99. The molecule has 0 radical (unpaired) electrons. The van der Waals surface area contributed by atoms with E-state index in [4.69, 9.17) is 9.97 Å². The van der Waals surface area contributed by atoms with Crippen LogP contribution in [0.2, 0.25) is 0 Å². The molecule has 7 nitrogen and oxygen atoms in total. The molecule has 9 heteroatoms. The summed E-state index contributed by atoms with van der Waals surface area (Å²) in [5.41, 5.74) is 3.01. The molecule has 4 heterocycles. The van der Waals surface area contributed by atoms with Gasteiger partial charge in [0, 0.05) is 17.1 Å². The van der Waals surface area contributed by atoms with Crippen LogP contribution in [0.15, 0.2) is 70.3 Å². The number of pyridine rings is 1. The van der Waals surface area contributed by atoms with Crippen LogP contribution in [0.1, 0.15) is 18.9 Å². The predicted octanol–water partition coefficient (Wildman–Crippen LogP) is 4.89. The summed E-state index contributed by atoms with van der Waals surface area (Å²) in [5.74, 6) is 0.609. The van der Waals surface area contributed by atoms with Crippen LogP contribution in [0.4, 0.5) is 0 Å². The summed E-state index contributed by atoms with van der Waals surface area (Å²) in [5, 5.41) is 17.1. The van der Waals surface area contributed by atoms with Crippen molar-refractivity contribution in [2.24, 2.45) is 0 Å². The fourth-order valence-corrected chi connectivity index (χ4v) is 5.29. The molecule has 0 unspecified atom stereocenters. The van der Waals surface area contributed by atoms with Crippen molar-refractivity contribution >= 4 is 33.3 Å². The second-order valence-electron chi connectivity index (χ2n) is 7.00. The van der Waals surface area contributed by atoms with Crippen LogP contribution < -0.4 is 0 Å². The third kappa shape index (κ3) is 3.16. The van der Waals surface area contributed by atoms with Crippen LogP contribution in [-0.2, 0) is 0 Å². The van der Waals surface area contributed by atoms with Gasteiger partial charge in [-0.25, -0.2) is 14.6 Å². The highest BCUT2D eigenvalue weighted by Crippen LogP contribution is 2.43. The Labute approximate surface area is 180 Å². The second kappa shape index (κ2) is 7.26. The van der Waals surface area contributed by atoms with E-state index in [0.29, 0.717) is 11.9 Å². The molecule has 0 saturated heterocycles. The van der Waals surface area contributed by atoms with Gasteiger partial charge in [0.15, 0.2) is 5.82 Å². The largest absolute Gasteiger partial charge is 0.253 e. The number of nitrogens with zero attached hydrogens (tertiary/aromatic N) is 7. The maximum Gasteiger partial charge on any atom is 0.215 e. The molecule has 1 fully saturated rings. The Hall–Kier alpha value is -3.17. The maximum atomic E-state index is 4.91. The van der Waals surface area contributed by atoms with Gasteiger partial charge in [-0.1, -0.05) is 36.4 Å². The van der Waals surface area contributed by atoms with E-state index in [1.54, 1.807) is 17.5 Å². The van der Waals surface area contributed by atoms with Gasteiger partial charge in [0.1, 0.15) is 15.6 Å². The normalized spacial score (nSPS) is 13.7. The first-order valence-corrected chi connectivity index (χ1v) is 11.3. The third-order valence-corrected chi connectivity index (χ3v) is 6.73. The fourth-order valence-electron chi connectivity index (χ4n) is 3.31.